The maximum Gasteiger partial charge on any atom is 0.287 e. The minimum atomic E-state index is -0.529. The zero-order chi connectivity index (χ0) is 24.6. The van der Waals surface area contributed by atoms with Crippen molar-refractivity contribution in [2.24, 2.45) is 0 Å². The Morgan fingerprint density at radius 2 is 1.94 bits per heavy atom. The van der Waals surface area contributed by atoms with Gasteiger partial charge in [0.25, 0.3) is 11.8 Å². The van der Waals surface area contributed by atoms with Gasteiger partial charge < -0.3 is 19.2 Å². The molecule has 0 saturated carbocycles. The van der Waals surface area contributed by atoms with E-state index in [1.54, 1.807) is 41.6 Å². The van der Waals surface area contributed by atoms with E-state index in [1.165, 1.54) is 12.1 Å². The number of nitrogens with zero attached hydrogens (tertiary/aromatic N) is 3. The molecule has 0 aliphatic rings. The third kappa shape index (κ3) is 6.03. The van der Waals surface area contributed by atoms with Crippen LogP contribution in [0.15, 0.2) is 83.7 Å². The van der Waals surface area contributed by atoms with Gasteiger partial charge in [0.05, 0.1) is 18.7 Å². The number of amides is 2. The van der Waals surface area contributed by atoms with Crippen molar-refractivity contribution in [3.8, 4) is 0 Å². The van der Waals surface area contributed by atoms with Crippen LogP contribution in [0.1, 0.15) is 51.3 Å². The number of aromatic nitrogens is 2. The first-order valence-electron chi connectivity index (χ1n) is 11.5. The second-order valence-corrected chi connectivity index (χ2v) is 8.14. The molecule has 8 heteroatoms. The average Bonchev–Trinajstić information content (AvgIpc) is 3.53. The van der Waals surface area contributed by atoms with E-state index in [1.807, 2.05) is 42.0 Å². The molecule has 0 bridgehead atoms. The van der Waals surface area contributed by atoms with Crippen LogP contribution >= 0.6 is 0 Å². The quantitative estimate of drug-likeness (QED) is 0.363. The molecule has 0 unspecified atom stereocenters. The van der Waals surface area contributed by atoms with Crippen molar-refractivity contribution in [1.29, 1.82) is 0 Å². The fourth-order valence-electron chi connectivity index (χ4n) is 3.80. The Labute approximate surface area is 203 Å². The molecule has 1 aromatic carbocycles. The lowest BCUT2D eigenvalue weighted by Gasteiger charge is -2.23. The van der Waals surface area contributed by atoms with Crippen LogP contribution in [0.25, 0.3) is 0 Å². The lowest BCUT2D eigenvalue weighted by Crippen LogP contribution is -2.32. The minimum absolute atomic E-state index is 0.0621. The number of furan rings is 1. The van der Waals surface area contributed by atoms with E-state index in [9.17, 15) is 14.0 Å². The molecular weight excluding hydrogens is 447 g/mol. The van der Waals surface area contributed by atoms with Gasteiger partial charge >= 0.3 is 0 Å². The van der Waals surface area contributed by atoms with Crippen LogP contribution in [0.2, 0.25) is 0 Å². The Morgan fingerprint density at radius 3 is 2.71 bits per heavy atom. The molecular formula is C27H27FN4O3. The van der Waals surface area contributed by atoms with Gasteiger partial charge in [0, 0.05) is 37.4 Å². The number of nitrogens with one attached hydrogen (secondary N) is 1. The van der Waals surface area contributed by atoms with Gasteiger partial charge in [-0.3, -0.25) is 14.6 Å². The van der Waals surface area contributed by atoms with Crippen LogP contribution in [0, 0.1) is 5.82 Å². The highest BCUT2D eigenvalue weighted by molar-refractivity contribution is 5.94. The SMILES string of the molecule is CCCN(Cc1cccn1Cc1ccc(C(=O)NCc2cccnc2)o1)C(=O)c1ccccc1F. The van der Waals surface area contributed by atoms with Crippen molar-refractivity contribution in [2.45, 2.75) is 33.0 Å². The lowest BCUT2D eigenvalue weighted by atomic mass is 10.1. The molecule has 180 valence electrons. The van der Waals surface area contributed by atoms with Crippen molar-refractivity contribution < 1.29 is 18.4 Å². The van der Waals surface area contributed by atoms with Crippen molar-refractivity contribution in [3.05, 3.63) is 113 Å². The smallest absolute Gasteiger partial charge is 0.287 e. The van der Waals surface area contributed by atoms with Crippen LogP contribution in [-0.2, 0) is 19.6 Å². The molecule has 3 heterocycles. The zero-order valence-electron chi connectivity index (χ0n) is 19.5. The number of pyridine rings is 1. The Morgan fingerprint density at radius 1 is 1.09 bits per heavy atom. The summed E-state index contributed by atoms with van der Waals surface area (Å²) in [5, 5.41) is 2.82. The highest BCUT2D eigenvalue weighted by Gasteiger charge is 2.20. The average molecular weight is 475 g/mol. The first-order valence-corrected chi connectivity index (χ1v) is 11.5. The number of rotatable bonds is 10. The summed E-state index contributed by atoms with van der Waals surface area (Å²) >= 11 is 0. The summed E-state index contributed by atoms with van der Waals surface area (Å²) in [7, 11) is 0. The molecule has 0 atom stereocenters. The van der Waals surface area contributed by atoms with E-state index in [4.69, 9.17) is 4.42 Å². The minimum Gasteiger partial charge on any atom is -0.454 e. The maximum atomic E-state index is 14.2. The van der Waals surface area contributed by atoms with Gasteiger partial charge in [0.15, 0.2) is 5.76 Å². The summed E-state index contributed by atoms with van der Waals surface area (Å²) in [5.74, 6) is -0.351. The molecule has 2 amide bonds. The third-order valence-electron chi connectivity index (χ3n) is 5.55. The molecule has 0 spiro atoms. The number of carbonyl (C=O) groups excluding carboxylic acids is 2. The summed E-state index contributed by atoms with van der Waals surface area (Å²) in [5.41, 5.74) is 1.83. The Kier molecular flexibility index (Phi) is 7.72. The van der Waals surface area contributed by atoms with E-state index in [-0.39, 0.29) is 23.1 Å². The van der Waals surface area contributed by atoms with Crippen molar-refractivity contribution in [2.75, 3.05) is 6.54 Å². The maximum absolute atomic E-state index is 14.2. The standard InChI is InChI=1S/C27H27FN4O3/c1-2-14-32(27(34)23-9-3-4-10-24(23)28)18-21-8-6-15-31(21)19-22-11-12-25(35-22)26(33)30-17-20-7-5-13-29-16-20/h3-13,15-16H,2,14,17-19H2,1H3,(H,30,33). The van der Waals surface area contributed by atoms with Gasteiger partial charge in [0.1, 0.15) is 11.6 Å². The number of hydrogen-bond donors (Lipinski definition) is 1. The van der Waals surface area contributed by atoms with Crippen LogP contribution in [-0.4, -0.2) is 32.8 Å². The first kappa shape index (κ1) is 23.9. The number of halogens is 1. The molecule has 0 fully saturated rings. The highest BCUT2D eigenvalue weighted by Crippen LogP contribution is 2.17. The predicted octanol–water partition coefficient (Wildman–Crippen LogP) is 4.65. The monoisotopic (exact) mass is 474 g/mol. The van der Waals surface area contributed by atoms with E-state index < -0.39 is 5.82 Å². The molecule has 35 heavy (non-hydrogen) atoms. The van der Waals surface area contributed by atoms with Gasteiger partial charge in [0.2, 0.25) is 0 Å². The van der Waals surface area contributed by atoms with Crippen molar-refractivity contribution >= 4 is 11.8 Å². The lowest BCUT2D eigenvalue weighted by molar-refractivity contribution is 0.0734. The van der Waals surface area contributed by atoms with Crippen LogP contribution in [0.3, 0.4) is 0 Å². The van der Waals surface area contributed by atoms with Crippen molar-refractivity contribution in [3.63, 3.8) is 0 Å². The van der Waals surface area contributed by atoms with E-state index in [0.29, 0.717) is 31.9 Å². The molecule has 4 rings (SSSR count). The fraction of sp³-hybridized carbons (Fsp3) is 0.222. The Hall–Kier alpha value is -4.20. The van der Waals surface area contributed by atoms with Gasteiger partial charge in [-0.2, -0.15) is 0 Å². The molecule has 1 N–H and O–H groups in total. The number of benzene rings is 1. The normalized spacial score (nSPS) is 10.8. The second kappa shape index (κ2) is 11.3. The van der Waals surface area contributed by atoms with Gasteiger partial charge in [-0.25, -0.2) is 4.39 Å². The number of carbonyl (C=O) groups is 2. The molecule has 0 saturated heterocycles. The zero-order valence-corrected chi connectivity index (χ0v) is 19.5. The van der Waals surface area contributed by atoms with Gasteiger partial charge in [-0.05, 0) is 54.4 Å². The molecule has 0 aliphatic heterocycles. The summed E-state index contributed by atoms with van der Waals surface area (Å²) in [6.07, 6.45) is 6.01. The Bertz CT molecular complexity index is 1280. The molecule has 7 nitrogen and oxygen atoms in total. The summed E-state index contributed by atoms with van der Waals surface area (Å²) < 4.78 is 21.9. The predicted molar refractivity (Wildman–Crippen MR) is 129 cm³/mol. The van der Waals surface area contributed by atoms with E-state index in [0.717, 1.165) is 17.7 Å². The highest BCUT2D eigenvalue weighted by atomic mass is 19.1. The largest absolute Gasteiger partial charge is 0.454 e. The van der Waals surface area contributed by atoms with E-state index >= 15 is 0 Å². The summed E-state index contributed by atoms with van der Waals surface area (Å²) in [6.45, 7) is 3.55. The van der Waals surface area contributed by atoms with E-state index in [2.05, 4.69) is 10.3 Å². The first-order chi connectivity index (χ1) is 17.0. The Balaban J connectivity index is 1.42. The molecule has 0 radical (unpaired) electrons. The van der Waals surface area contributed by atoms with Crippen LogP contribution < -0.4 is 5.32 Å². The van der Waals surface area contributed by atoms with Crippen molar-refractivity contribution in [1.82, 2.24) is 19.8 Å². The van der Waals surface area contributed by atoms with Gasteiger partial charge in [-0.1, -0.05) is 25.1 Å². The van der Waals surface area contributed by atoms with Gasteiger partial charge in [-0.15, -0.1) is 0 Å². The third-order valence-corrected chi connectivity index (χ3v) is 5.55. The molecule has 3 aromatic heterocycles. The van der Waals surface area contributed by atoms with Crippen LogP contribution in [0.4, 0.5) is 4.39 Å². The second-order valence-electron chi connectivity index (χ2n) is 8.14. The summed E-state index contributed by atoms with van der Waals surface area (Å²) in [6, 6.07) is 16.9. The van der Waals surface area contributed by atoms with Crippen LogP contribution in [0.5, 0.6) is 0 Å². The fourth-order valence-corrected chi connectivity index (χ4v) is 3.80. The number of hydrogen-bond acceptors (Lipinski definition) is 4. The molecule has 0 aliphatic carbocycles. The topological polar surface area (TPSA) is 80.4 Å². The summed E-state index contributed by atoms with van der Waals surface area (Å²) in [4.78, 5) is 31.1. The molecule has 4 aromatic rings.